The van der Waals surface area contributed by atoms with Crippen molar-refractivity contribution in [1.82, 2.24) is 15.5 Å². The Balaban J connectivity index is 0.000000379. The summed E-state index contributed by atoms with van der Waals surface area (Å²) in [4.78, 5) is 14.1. The third kappa shape index (κ3) is 12.3. The number of nitrogens with zero attached hydrogens (tertiary/aromatic N) is 2. The number of rotatable bonds is 14. The summed E-state index contributed by atoms with van der Waals surface area (Å²) in [5.74, 6) is 2.25. The van der Waals surface area contributed by atoms with Crippen LogP contribution in [-0.2, 0) is 16.0 Å². The standard InChI is InChI=1S/C21H28N2O2.C6H11NO2/c1-3-4-8-11-19-13-14-21(22-17-19)24-15-10-7-5-6-9-12-20-16-18(2)23-25-20;8-5-7-3-6-1-2-9-4-6/h3-4,8,11,13-14,16-17H,5-7,9-10,12,15H2,1-2H3;5-6H,1-4H2,(H,7,8)/b4-3-,11-8-;. The maximum atomic E-state index is 9.81. The number of ether oxygens (including phenoxy) is 2. The van der Waals surface area contributed by atoms with Crippen LogP contribution in [0.1, 0.15) is 62.5 Å². The maximum Gasteiger partial charge on any atom is 0.213 e. The van der Waals surface area contributed by atoms with E-state index in [9.17, 15) is 4.79 Å². The zero-order chi connectivity index (χ0) is 24.3. The lowest BCUT2D eigenvalue weighted by Crippen LogP contribution is -2.21. The van der Waals surface area contributed by atoms with Gasteiger partial charge < -0.3 is 19.3 Å². The highest BCUT2D eigenvalue weighted by molar-refractivity contribution is 5.50. The number of carbonyl (C=O) groups excluding carboxylic acids is 1. The minimum absolute atomic E-state index is 0.551. The smallest absolute Gasteiger partial charge is 0.213 e. The predicted octanol–water partition coefficient (Wildman–Crippen LogP) is 5.31. The number of allylic oxidation sites excluding steroid dienone is 3. The van der Waals surface area contributed by atoms with E-state index in [1.165, 1.54) is 19.3 Å². The number of amides is 1. The van der Waals surface area contributed by atoms with Crippen LogP contribution in [0, 0.1) is 12.8 Å². The highest BCUT2D eigenvalue weighted by Crippen LogP contribution is 2.12. The largest absolute Gasteiger partial charge is 0.478 e. The minimum Gasteiger partial charge on any atom is -0.478 e. The molecule has 1 aliphatic rings. The van der Waals surface area contributed by atoms with Gasteiger partial charge in [-0.1, -0.05) is 48.7 Å². The molecule has 1 fully saturated rings. The van der Waals surface area contributed by atoms with Gasteiger partial charge >= 0.3 is 0 Å². The van der Waals surface area contributed by atoms with Crippen LogP contribution >= 0.6 is 0 Å². The monoisotopic (exact) mass is 469 g/mol. The van der Waals surface area contributed by atoms with E-state index in [1.807, 2.05) is 62.5 Å². The number of unbranched alkanes of at least 4 members (excludes halogenated alkanes) is 4. The summed E-state index contributed by atoms with van der Waals surface area (Å²) in [6.45, 7) is 7.10. The van der Waals surface area contributed by atoms with Gasteiger partial charge in [0.15, 0.2) is 0 Å². The number of hydrogen-bond acceptors (Lipinski definition) is 6. The number of carbonyl (C=O) groups is 1. The van der Waals surface area contributed by atoms with Crippen LogP contribution in [0.15, 0.2) is 47.1 Å². The van der Waals surface area contributed by atoms with Crippen molar-refractivity contribution < 1.29 is 18.8 Å². The Morgan fingerprint density at radius 1 is 1.18 bits per heavy atom. The Morgan fingerprint density at radius 3 is 2.71 bits per heavy atom. The number of pyridine rings is 1. The predicted molar refractivity (Wildman–Crippen MR) is 135 cm³/mol. The van der Waals surface area contributed by atoms with Gasteiger partial charge in [0, 0.05) is 43.8 Å². The molecule has 3 heterocycles. The lowest BCUT2D eigenvalue weighted by Gasteiger charge is -2.05. The van der Waals surface area contributed by atoms with Crippen molar-refractivity contribution >= 4 is 12.5 Å². The minimum atomic E-state index is 0.551. The highest BCUT2D eigenvalue weighted by Gasteiger charge is 2.14. The molecular weight excluding hydrogens is 430 g/mol. The number of aryl methyl sites for hydroxylation is 2. The summed E-state index contributed by atoms with van der Waals surface area (Å²) in [6.07, 6.45) is 18.5. The first-order valence-corrected chi connectivity index (χ1v) is 12.3. The molecule has 0 radical (unpaired) electrons. The molecule has 186 valence electrons. The fraction of sp³-hybridized carbons (Fsp3) is 0.519. The Labute approximate surface area is 203 Å². The van der Waals surface area contributed by atoms with Crippen molar-refractivity contribution in [3.05, 3.63) is 59.6 Å². The third-order valence-electron chi connectivity index (χ3n) is 5.36. The van der Waals surface area contributed by atoms with E-state index in [0.717, 1.165) is 75.5 Å². The fourth-order valence-electron chi connectivity index (χ4n) is 3.46. The van der Waals surface area contributed by atoms with Crippen LogP contribution in [0.2, 0.25) is 0 Å². The maximum absolute atomic E-state index is 9.81. The number of hydrogen-bond donors (Lipinski definition) is 1. The first-order chi connectivity index (χ1) is 16.7. The molecular formula is C27H39N3O4. The molecule has 1 saturated heterocycles. The normalized spacial score (nSPS) is 15.4. The molecule has 1 N–H and O–H groups in total. The SMILES string of the molecule is C/C=C\C=C/c1ccc(OCCCCCCCc2cc(C)no2)nc1.O=CNCC1CCOC1. The van der Waals surface area contributed by atoms with Gasteiger partial charge in [0.05, 0.1) is 18.9 Å². The first kappa shape index (κ1) is 27.3. The van der Waals surface area contributed by atoms with Crippen molar-refractivity contribution in [2.75, 3.05) is 26.4 Å². The van der Waals surface area contributed by atoms with Crippen LogP contribution in [0.5, 0.6) is 5.88 Å². The lowest BCUT2D eigenvalue weighted by atomic mass is 10.1. The van der Waals surface area contributed by atoms with Crippen molar-refractivity contribution in [1.29, 1.82) is 0 Å². The van der Waals surface area contributed by atoms with Crippen LogP contribution in [0.3, 0.4) is 0 Å². The van der Waals surface area contributed by atoms with Gasteiger partial charge in [-0.15, -0.1) is 0 Å². The lowest BCUT2D eigenvalue weighted by molar-refractivity contribution is -0.109. The molecule has 0 aliphatic carbocycles. The van der Waals surface area contributed by atoms with Crippen molar-refractivity contribution in [3.63, 3.8) is 0 Å². The molecule has 1 atom stereocenters. The summed E-state index contributed by atoms with van der Waals surface area (Å²) >= 11 is 0. The third-order valence-corrected chi connectivity index (χ3v) is 5.36. The van der Waals surface area contributed by atoms with Crippen LogP contribution in [0.4, 0.5) is 0 Å². The Morgan fingerprint density at radius 2 is 2.03 bits per heavy atom. The molecule has 0 saturated carbocycles. The quantitative estimate of drug-likeness (QED) is 0.229. The van der Waals surface area contributed by atoms with Gasteiger partial charge in [0.2, 0.25) is 12.3 Å². The Bertz CT molecular complexity index is 840. The summed E-state index contributed by atoms with van der Waals surface area (Å²) in [6, 6.07) is 5.96. The molecule has 1 unspecified atom stereocenters. The number of aromatic nitrogens is 2. The average Bonchev–Trinajstić information content (AvgIpc) is 3.52. The fourth-order valence-corrected chi connectivity index (χ4v) is 3.46. The average molecular weight is 470 g/mol. The second-order valence-corrected chi connectivity index (χ2v) is 8.37. The Kier molecular flexibility index (Phi) is 14.1. The molecule has 0 aromatic carbocycles. The second-order valence-electron chi connectivity index (χ2n) is 8.37. The first-order valence-electron chi connectivity index (χ1n) is 12.3. The van der Waals surface area contributed by atoms with E-state index in [1.54, 1.807) is 0 Å². The van der Waals surface area contributed by atoms with E-state index < -0.39 is 0 Å². The van der Waals surface area contributed by atoms with Crippen LogP contribution < -0.4 is 10.1 Å². The van der Waals surface area contributed by atoms with Gasteiger partial charge in [-0.05, 0) is 44.7 Å². The van der Waals surface area contributed by atoms with Crippen LogP contribution in [0.25, 0.3) is 6.08 Å². The van der Waals surface area contributed by atoms with Gasteiger partial charge in [-0.2, -0.15) is 0 Å². The summed E-state index contributed by atoms with van der Waals surface area (Å²) in [7, 11) is 0. The van der Waals surface area contributed by atoms with Gasteiger partial charge in [-0.25, -0.2) is 4.98 Å². The van der Waals surface area contributed by atoms with Gasteiger partial charge in [0.25, 0.3) is 0 Å². The van der Waals surface area contributed by atoms with Crippen LogP contribution in [-0.4, -0.2) is 42.9 Å². The molecule has 2 aromatic heterocycles. The zero-order valence-corrected chi connectivity index (χ0v) is 20.6. The molecule has 0 spiro atoms. The molecule has 1 amide bonds. The molecule has 2 aromatic rings. The molecule has 0 bridgehead atoms. The van der Waals surface area contributed by atoms with E-state index >= 15 is 0 Å². The van der Waals surface area contributed by atoms with Crippen molar-refractivity contribution in [2.24, 2.45) is 5.92 Å². The van der Waals surface area contributed by atoms with Crippen molar-refractivity contribution in [3.8, 4) is 5.88 Å². The second kappa shape index (κ2) is 17.5. The van der Waals surface area contributed by atoms with E-state index in [4.69, 9.17) is 14.0 Å². The summed E-state index contributed by atoms with van der Waals surface area (Å²) in [5, 5.41) is 6.53. The summed E-state index contributed by atoms with van der Waals surface area (Å²) < 4.78 is 16.0. The molecule has 7 heteroatoms. The highest BCUT2D eigenvalue weighted by atomic mass is 16.5. The molecule has 34 heavy (non-hydrogen) atoms. The molecule has 3 rings (SSSR count). The van der Waals surface area contributed by atoms with Gasteiger partial charge in [0.1, 0.15) is 5.76 Å². The Hall–Kier alpha value is -2.93. The van der Waals surface area contributed by atoms with E-state index in [2.05, 4.69) is 15.5 Å². The van der Waals surface area contributed by atoms with Gasteiger partial charge in [-0.3, -0.25) is 4.79 Å². The topological polar surface area (TPSA) is 86.5 Å². The zero-order valence-electron chi connectivity index (χ0n) is 20.6. The van der Waals surface area contributed by atoms with Crippen molar-refractivity contribution in [2.45, 2.75) is 58.8 Å². The molecule has 1 aliphatic heterocycles. The van der Waals surface area contributed by atoms with E-state index in [0.29, 0.717) is 11.8 Å². The van der Waals surface area contributed by atoms with E-state index in [-0.39, 0.29) is 0 Å². The summed E-state index contributed by atoms with van der Waals surface area (Å²) in [5.41, 5.74) is 2.04. The molecule has 7 nitrogen and oxygen atoms in total. The number of nitrogens with one attached hydrogen (secondary N) is 1.